The minimum atomic E-state index is -0.938. The van der Waals surface area contributed by atoms with Crippen molar-refractivity contribution in [2.24, 2.45) is 17.8 Å². The summed E-state index contributed by atoms with van der Waals surface area (Å²) in [6, 6.07) is 5.18. The normalized spacial score (nSPS) is 18.5. The molecule has 1 aliphatic rings. The Balaban J connectivity index is 1.62. The summed E-state index contributed by atoms with van der Waals surface area (Å²) in [7, 11) is 1.96. The Hall–Kier alpha value is -3.51. The standard InChI is InChI=1S/C35H53N5O6S/c1-7-22(4)31(39-33(43)29-10-8-9-17-40(29)6)34(44)38-27(21(2)3)15-16-30-37-28(20-47-30)32(42)36-25(18-23(5)35(45)46)19-24-11-13-26(41)14-12-24/h11-14,20-23,25,27,29,31,41H,7-10,15-19H2,1-6H3,(H,36,42)(H,38,44)(H,39,43)(H,45,46). The van der Waals surface area contributed by atoms with Gasteiger partial charge in [-0.1, -0.05) is 59.6 Å². The summed E-state index contributed by atoms with van der Waals surface area (Å²) in [5.74, 6) is -2.01. The highest BCUT2D eigenvalue weighted by molar-refractivity contribution is 7.09. The lowest BCUT2D eigenvalue weighted by atomic mass is 9.94. The molecule has 6 unspecified atom stereocenters. The van der Waals surface area contributed by atoms with E-state index in [9.17, 15) is 29.4 Å². The Labute approximate surface area is 282 Å². The summed E-state index contributed by atoms with van der Waals surface area (Å²) >= 11 is 1.37. The predicted octanol–water partition coefficient (Wildman–Crippen LogP) is 4.39. The van der Waals surface area contributed by atoms with E-state index in [2.05, 4.69) is 25.8 Å². The highest BCUT2D eigenvalue weighted by Crippen LogP contribution is 2.20. The van der Waals surface area contributed by atoms with Crippen molar-refractivity contribution in [2.75, 3.05) is 13.6 Å². The summed E-state index contributed by atoms with van der Waals surface area (Å²) in [5, 5.41) is 30.7. The second-order valence-corrected chi connectivity index (χ2v) is 14.3. The molecule has 5 N–H and O–H groups in total. The van der Waals surface area contributed by atoms with Crippen LogP contribution in [0.4, 0.5) is 0 Å². The average Bonchev–Trinajstić information content (AvgIpc) is 3.51. The molecule has 12 heteroatoms. The second-order valence-electron chi connectivity index (χ2n) is 13.4. The van der Waals surface area contributed by atoms with Crippen molar-refractivity contribution >= 4 is 35.0 Å². The van der Waals surface area contributed by atoms with Crippen molar-refractivity contribution in [1.82, 2.24) is 25.8 Å². The summed E-state index contributed by atoms with van der Waals surface area (Å²) in [4.78, 5) is 58.1. The van der Waals surface area contributed by atoms with Gasteiger partial charge in [0.05, 0.1) is 17.0 Å². The number of hydrogen-bond acceptors (Lipinski definition) is 8. The van der Waals surface area contributed by atoms with E-state index in [0.717, 1.165) is 42.8 Å². The Kier molecular flexibility index (Phi) is 14.6. The van der Waals surface area contributed by atoms with Gasteiger partial charge in [-0.3, -0.25) is 24.1 Å². The maximum atomic E-state index is 13.6. The molecule has 1 saturated heterocycles. The fourth-order valence-corrected chi connectivity index (χ4v) is 6.70. The average molecular weight is 672 g/mol. The Bertz CT molecular complexity index is 1330. The first-order valence-corrected chi connectivity index (χ1v) is 17.7. The molecule has 1 aromatic heterocycles. The SMILES string of the molecule is CCC(C)C(NC(=O)C1CCCCN1C)C(=O)NC(CCc1nc(C(=O)NC(Cc2ccc(O)cc2)CC(C)C(=O)O)cs1)C(C)C. The molecular weight excluding hydrogens is 618 g/mol. The van der Waals surface area contributed by atoms with Crippen LogP contribution in [0.2, 0.25) is 0 Å². The number of nitrogens with one attached hydrogen (secondary N) is 3. The number of thiazole rings is 1. The molecular formula is C35H53N5O6S. The maximum Gasteiger partial charge on any atom is 0.306 e. The minimum absolute atomic E-state index is 0.0305. The molecule has 0 aliphatic carbocycles. The van der Waals surface area contributed by atoms with Crippen LogP contribution in [-0.2, 0) is 27.2 Å². The third kappa shape index (κ3) is 11.6. The monoisotopic (exact) mass is 671 g/mol. The van der Waals surface area contributed by atoms with Gasteiger partial charge >= 0.3 is 5.97 Å². The molecule has 47 heavy (non-hydrogen) atoms. The van der Waals surface area contributed by atoms with E-state index < -0.39 is 24.0 Å². The Morgan fingerprint density at radius 1 is 1.04 bits per heavy atom. The summed E-state index contributed by atoms with van der Waals surface area (Å²) in [6.45, 7) is 10.6. The molecule has 0 saturated carbocycles. The smallest absolute Gasteiger partial charge is 0.306 e. The Morgan fingerprint density at radius 3 is 2.36 bits per heavy atom. The Morgan fingerprint density at radius 2 is 1.74 bits per heavy atom. The summed E-state index contributed by atoms with van der Waals surface area (Å²) in [5.41, 5.74) is 1.13. The molecule has 2 heterocycles. The molecule has 1 aromatic carbocycles. The number of aromatic nitrogens is 1. The van der Waals surface area contributed by atoms with Crippen LogP contribution < -0.4 is 16.0 Å². The number of piperidine rings is 1. The molecule has 2 aromatic rings. The fourth-order valence-electron chi connectivity index (χ4n) is 5.91. The zero-order valence-electron chi connectivity index (χ0n) is 28.6. The van der Waals surface area contributed by atoms with Crippen LogP contribution >= 0.6 is 11.3 Å². The number of benzene rings is 1. The molecule has 3 amide bonds. The van der Waals surface area contributed by atoms with Crippen molar-refractivity contribution in [3.05, 3.63) is 45.9 Å². The van der Waals surface area contributed by atoms with Crippen molar-refractivity contribution in [3.8, 4) is 5.75 Å². The molecule has 11 nitrogen and oxygen atoms in total. The predicted molar refractivity (Wildman–Crippen MR) is 183 cm³/mol. The molecule has 3 rings (SSSR count). The topological polar surface area (TPSA) is 161 Å². The third-order valence-electron chi connectivity index (χ3n) is 9.27. The number of likely N-dealkylation sites (tertiary alicyclic amines) is 1. The lowest BCUT2D eigenvalue weighted by molar-refractivity contribution is -0.141. The number of amides is 3. The van der Waals surface area contributed by atoms with E-state index in [1.54, 1.807) is 36.6 Å². The molecule has 0 radical (unpaired) electrons. The van der Waals surface area contributed by atoms with Crippen LogP contribution in [0.5, 0.6) is 5.75 Å². The lowest BCUT2D eigenvalue weighted by Crippen LogP contribution is -2.57. The molecule has 1 fully saturated rings. The summed E-state index contributed by atoms with van der Waals surface area (Å²) < 4.78 is 0. The molecule has 0 spiro atoms. The number of aliphatic carboxylic acids is 1. The first-order chi connectivity index (χ1) is 22.3. The van der Waals surface area contributed by atoms with Crippen LogP contribution in [0, 0.1) is 17.8 Å². The largest absolute Gasteiger partial charge is 0.508 e. The molecule has 1 aliphatic heterocycles. The van der Waals surface area contributed by atoms with E-state index in [0.29, 0.717) is 19.3 Å². The second kappa shape index (κ2) is 18.1. The number of phenolic OH excluding ortho intramolecular Hbond substituents is 1. The number of aromatic hydroxyl groups is 1. The number of carboxylic acids is 1. The summed E-state index contributed by atoms with van der Waals surface area (Å²) in [6.07, 6.45) is 5.44. The number of carbonyl (C=O) groups is 4. The van der Waals surface area contributed by atoms with E-state index in [1.165, 1.54) is 11.3 Å². The minimum Gasteiger partial charge on any atom is -0.508 e. The van der Waals surface area contributed by atoms with Gasteiger partial charge in [0.15, 0.2) is 0 Å². The number of phenols is 1. The van der Waals surface area contributed by atoms with Crippen LogP contribution in [0.25, 0.3) is 0 Å². The number of hydrogen-bond donors (Lipinski definition) is 5. The number of carboxylic acid groups (broad SMARTS) is 1. The quantitative estimate of drug-likeness (QED) is 0.166. The van der Waals surface area contributed by atoms with Crippen molar-refractivity contribution < 1.29 is 29.4 Å². The van der Waals surface area contributed by atoms with Gasteiger partial charge in [0.25, 0.3) is 5.91 Å². The van der Waals surface area contributed by atoms with Gasteiger partial charge in [0.2, 0.25) is 11.8 Å². The van der Waals surface area contributed by atoms with E-state index in [4.69, 9.17) is 0 Å². The fraction of sp³-hybridized carbons (Fsp3) is 0.629. The van der Waals surface area contributed by atoms with Gasteiger partial charge < -0.3 is 26.2 Å². The lowest BCUT2D eigenvalue weighted by Gasteiger charge is -2.34. The molecule has 0 bridgehead atoms. The molecule has 6 atom stereocenters. The number of rotatable bonds is 17. The van der Waals surface area contributed by atoms with Crippen molar-refractivity contribution in [3.63, 3.8) is 0 Å². The van der Waals surface area contributed by atoms with Crippen molar-refractivity contribution in [1.29, 1.82) is 0 Å². The van der Waals surface area contributed by atoms with Gasteiger partial charge in [0.1, 0.15) is 17.5 Å². The van der Waals surface area contributed by atoms with E-state index in [-0.39, 0.29) is 59.5 Å². The number of likely N-dealkylation sites (N-methyl/N-ethyl adjacent to an activating group) is 1. The van der Waals surface area contributed by atoms with Crippen LogP contribution in [-0.4, -0.2) is 81.5 Å². The molecule has 260 valence electrons. The van der Waals surface area contributed by atoms with Gasteiger partial charge in [-0.05, 0) is 75.2 Å². The van der Waals surface area contributed by atoms with Gasteiger partial charge in [-0.15, -0.1) is 11.3 Å². The third-order valence-corrected chi connectivity index (χ3v) is 10.2. The number of aryl methyl sites for hydroxylation is 1. The number of carbonyl (C=O) groups excluding carboxylic acids is 3. The van der Waals surface area contributed by atoms with E-state index >= 15 is 0 Å². The highest BCUT2D eigenvalue weighted by atomic mass is 32.1. The van der Waals surface area contributed by atoms with Crippen LogP contribution in [0.15, 0.2) is 29.6 Å². The first kappa shape index (κ1) is 37.9. The van der Waals surface area contributed by atoms with Crippen LogP contribution in [0.3, 0.4) is 0 Å². The van der Waals surface area contributed by atoms with Gasteiger partial charge in [0, 0.05) is 23.9 Å². The van der Waals surface area contributed by atoms with Crippen molar-refractivity contribution in [2.45, 2.75) is 110 Å². The van der Waals surface area contributed by atoms with Gasteiger partial charge in [-0.25, -0.2) is 4.98 Å². The zero-order chi connectivity index (χ0) is 34.7. The van der Waals surface area contributed by atoms with Crippen LogP contribution in [0.1, 0.15) is 94.2 Å². The zero-order valence-corrected chi connectivity index (χ0v) is 29.4. The highest BCUT2D eigenvalue weighted by Gasteiger charge is 2.33. The first-order valence-electron chi connectivity index (χ1n) is 16.9. The van der Waals surface area contributed by atoms with E-state index in [1.807, 2.05) is 34.7 Å². The maximum absolute atomic E-state index is 13.6. The van der Waals surface area contributed by atoms with Gasteiger partial charge in [-0.2, -0.15) is 0 Å². The number of nitrogens with zero attached hydrogens (tertiary/aromatic N) is 2.